The number of amides is 2. The van der Waals surface area contributed by atoms with Gasteiger partial charge in [0.05, 0.1) is 6.20 Å². The molecule has 0 saturated carbocycles. The smallest absolute Gasteiger partial charge is 0.410 e. The van der Waals surface area contributed by atoms with E-state index in [1.807, 2.05) is 0 Å². The van der Waals surface area contributed by atoms with Crippen LogP contribution >= 0.6 is 0 Å². The molecule has 1 aliphatic heterocycles. The Kier molecular flexibility index (Phi) is 4.48. The Bertz CT molecular complexity index is 556. The molecule has 2 rings (SSSR count). The molecule has 0 radical (unpaired) electrons. The van der Waals surface area contributed by atoms with E-state index in [4.69, 9.17) is 4.74 Å². The van der Waals surface area contributed by atoms with Gasteiger partial charge >= 0.3 is 6.09 Å². The first-order valence-corrected chi connectivity index (χ1v) is 6.93. The first-order chi connectivity index (χ1) is 10.3. The zero-order valence-corrected chi connectivity index (χ0v) is 12.7. The average Bonchev–Trinajstić information content (AvgIpc) is 2.34. The van der Waals surface area contributed by atoms with Gasteiger partial charge in [0, 0.05) is 6.54 Å². The molecule has 0 aliphatic carbocycles. The molecule has 1 saturated heterocycles. The van der Waals surface area contributed by atoms with Gasteiger partial charge in [0.1, 0.15) is 23.3 Å². The van der Waals surface area contributed by atoms with E-state index < -0.39 is 23.6 Å². The topological polar surface area (TPSA) is 83.6 Å². The summed E-state index contributed by atoms with van der Waals surface area (Å²) in [4.78, 5) is 29.0. The fraction of sp³-hybridized carbons (Fsp3) is 0.500. The van der Waals surface area contributed by atoms with Gasteiger partial charge in [0.2, 0.25) is 0 Å². The van der Waals surface area contributed by atoms with E-state index in [9.17, 15) is 14.0 Å². The summed E-state index contributed by atoms with van der Waals surface area (Å²) in [6.07, 6.45) is 1.08. The monoisotopic (exact) mass is 310 g/mol. The molecule has 1 atom stereocenters. The van der Waals surface area contributed by atoms with E-state index in [0.717, 1.165) is 6.20 Å². The molecule has 1 aromatic heterocycles. The van der Waals surface area contributed by atoms with Crippen molar-refractivity contribution in [3.05, 3.63) is 24.1 Å². The number of rotatable bonds is 3. The molecule has 2 amide bonds. The molecule has 1 aromatic rings. The predicted molar refractivity (Wildman–Crippen MR) is 77.3 cm³/mol. The van der Waals surface area contributed by atoms with E-state index in [1.54, 1.807) is 20.8 Å². The third kappa shape index (κ3) is 4.06. The largest absolute Gasteiger partial charge is 0.444 e. The lowest BCUT2D eigenvalue weighted by molar-refractivity contribution is -0.130. The molecule has 22 heavy (non-hydrogen) atoms. The maximum Gasteiger partial charge on any atom is 0.410 e. The van der Waals surface area contributed by atoms with Crippen LogP contribution in [0, 0.1) is 5.82 Å². The van der Waals surface area contributed by atoms with Crippen LogP contribution in [0.25, 0.3) is 0 Å². The number of anilines is 1. The number of hydrogen-bond donors (Lipinski definition) is 2. The molecule has 0 bridgehead atoms. The van der Waals surface area contributed by atoms with Crippen LogP contribution in [0.1, 0.15) is 27.2 Å². The molecule has 8 heteroatoms. The van der Waals surface area contributed by atoms with Crippen LogP contribution < -0.4 is 10.9 Å². The molecular formula is C14H19FN4O3. The first kappa shape index (κ1) is 16.0. The molecular weight excluding hydrogens is 291 g/mol. The van der Waals surface area contributed by atoms with E-state index in [2.05, 4.69) is 15.8 Å². The highest BCUT2D eigenvalue weighted by atomic mass is 19.1. The zero-order valence-electron chi connectivity index (χ0n) is 12.7. The minimum atomic E-state index is -0.607. The Morgan fingerprint density at radius 1 is 1.41 bits per heavy atom. The Balaban J connectivity index is 1.85. The summed E-state index contributed by atoms with van der Waals surface area (Å²) in [5.41, 5.74) is 4.41. The van der Waals surface area contributed by atoms with Crippen molar-refractivity contribution >= 4 is 17.8 Å². The number of aromatic nitrogens is 1. The minimum absolute atomic E-state index is 0.304. The highest BCUT2D eigenvalue weighted by Crippen LogP contribution is 2.21. The second kappa shape index (κ2) is 6.17. The summed E-state index contributed by atoms with van der Waals surface area (Å²) in [5.74, 6) is -0.534. The van der Waals surface area contributed by atoms with Gasteiger partial charge in [-0.05, 0) is 39.3 Å². The summed E-state index contributed by atoms with van der Waals surface area (Å²) >= 11 is 0. The van der Waals surface area contributed by atoms with Gasteiger partial charge in [-0.1, -0.05) is 0 Å². The summed E-state index contributed by atoms with van der Waals surface area (Å²) in [6, 6.07) is 2.03. The number of nitrogens with zero attached hydrogens (tertiary/aromatic N) is 2. The Morgan fingerprint density at radius 2 is 2.14 bits per heavy atom. The summed E-state index contributed by atoms with van der Waals surface area (Å²) in [7, 11) is 0. The molecule has 0 aromatic carbocycles. The second-order valence-electron chi connectivity index (χ2n) is 5.95. The maximum atomic E-state index is 12.7. The van der Waals surface area contributed by atoms with Gasteiger partial charge in [-0.2, -0.15) is 0 Å². The van der Waals surface area contributed by atoms with Gasteiger partial charge in [-0.25, -0.2) is 14.2 Å². The lowest BCUT2D eigenvalue weighted by Crippen LogP contribution is -2.59. The molecule has 0 spiro atoms. The summed E-state index contributed by atoms with van der Waals surface area (Å²) in [6.45, 7) is 5.77. The van der Waals surface area contributed by atoms with Crippen LogP contribution in [0.3, 0.4) is 0 Å². The summed E-state index contributed by atoms with van der Waals surface area (Å²) < 4.78 is 17.9. The fourth-order valence-corrected chi connectivity index (χ4v) is 1.86. The van der Waals surface area contributed by atoms with Gasteiger partial charge in [-0.15, -0.1) is 0 Å². The van der Waals surface area contributed by atoms with Crippen molar-refractivity contribution in [1.82, 2.24) is 15.3 Å². The highest BCUT2D eigenvalue weighted by molar-refractivity contribution is 5.87. The van der Waals surface area contributed by atoms with Crippen LogP contribution in [0.5, 0.6) is 0 Å². The third-order valence-corrected chi connectivity index (χ3v) is 2.99. The van der Waals surface area contributed by atoms with Gasteiger partial charge in [-0.3, -0.25) is 20.5 Å². The van der Waals surface area contributed by atoms with Crippen LogP contribution in [0.15, 0.2) is 18.3 Å². The van der Waals surface area contributed by atoms with E-state index in [0.29, 0.717) is 18.8 Å². The molecule has 1 aliphatic rings. The van der Waals surface area contributed by atoms with E-state index in [-0.39, 0.29) is 5.91 Å². The molecule has 2 heterocycles. The lowest BCUT2D eigenvalue weighted by Gasteiger charge is -2.40. The Labute approximate surface area is 127 Å². The average molecular weight is 310 g/mol. The van der Waals surface area contributed by atoms with Crippen LogP contribution in [-0.4, -0.2) is 40.1 Å². The van der Waals surface area contributed by atoms with Crippen LogP contribution in [-0.2, 0) is 9.53 Å². The fourth-order valence-electron chi connectivity index (χ4n) is 1.86. The van der Waals surface area contributed by atoms with Crippen molar-refractivity contribution in [3.63, 3.8) is 0 Å². The Morgan fingerprint density at radius 3 is 2.64 bits per heavy atom. The number of nitrogens with one attached hydrogen (secondary N) is 2. The minimum Gasteiger partial charge on any atom is -0.444 e. The summed E-state index contributed by atoms with van der Waals surface area (Å²) in [5, 5.41) is 0. The zero-order chi connectivity index (χ0) is 16.3. The van der Waals surface area contributed by atoms with Gasteiger partial charge in [0.25, 0.3) is 5.91 Å². The SMILES string of the molecule is CC(C)(C)OC(=O)N1CCC1C(=O)NNc1ccc(F)cn1. The first-order valence-electron chi connectivity index (χ1n) is 6.93. The van der Waals surface area contributed by atoms with E-state index >= 15 is 0 Å². The standard InChI is InChI=1S/C14H19FN4O3/c1-14(2,3)22-13(21)19-7-6-10(19)12(20)18-17-11-5-4-9(15)8-16-11/h4-5,8,10H,6-7H2,1-3H3,(H,16,17)(H,18,20). The van der Waals surface area contributed by atoms with Crippen molar-refractivity contribution in [3.8, 4) is 0 Å². The molecule has 2 N–H and O–H groups in total. The number of carbonyl (C=O) groups excluding carboxylic acids is 2. The lowest BCUT2D eigenvalue weighted by atomic mass is 10.0. The Hall–Kier alpha value is -2.38. The normalized spacial score (nSPS) is 17.5. The number of ether oxygens (including phenoxy) is 1. The number of pyridine rings is 1. The number of hydrazine groups is 1. The maximum absolute atomic E-state index is 12.7. The molecule has 1 fully saturated rings. The van der Waals surface area contributed by atoms with Crippen LogP contribution in [0.4, 0.5) is 15.0 Å². The van der Waals surface area contributed by atoms with Crippen molar-refractivity contribution in [2.45, 2.75) is 38.8 Å². The predicted octanol–water partition coefficient (Wildman–Crippen LogP) is 1.67. The van der Waals surface area contributed by atoms with Crippen molar-refractivity contribution in [2.24, 2.45) is 0 Å². The van der Waals surface area contributed by atoms with Crippen molar-refractivity contribution < 1.29 is 18.7 Å². The number of hydrogen-bond acceptors (Lipinski definition) is 5. The second-order valence-corrected chi connectivity index (χ2v) is 5.95. The third-order valence-electron chi connectivity index (χ3n) is 2.99. The molecule has 7 nitrogen and oxygen atoms in total. The number of halogens is 1. The van der Waals surface area contributed by atoms with E-state index in [1.165, 1.54) is 17.0 Å². The van der Waals surface area contributed by atoms with Gasteiger partial charge in [0.15, 0.2) is 0 Å². The number of likely N-dealkylation sites (tertiary alicyclic amines) is 1. The molecule has 120 valence electrons. The number of carbonyl (C=O) groups is 2. The highest BCUT2D eigenvalue weighted by Gasteiger charge is 2.39. The van der Waals surface area contributed by atoms with Crippen molar-refractivity contribution in [2.75, 3.05) is 12.0 Å². The van der Waals surface area contributed by atoms with Gasteiger partial charge < -0.3 is 4.74 Å². The van der Waals surface area contributed by atoms with Crippen LogP contribution in [0.2, 0.25) is 0 Å². The quantitative estimate of drug-likeness (QED) is 0.830. The molecule has 1 unspecified atom stereocenters. The van der Waals surface area contributed by atoms with Crippen molar-refractivity contribution in [1.29, 1.82) is 0 Å².